The molecular weight excluding hydrogens is 286 g/mol. The molecule has 0 amide bonds. The normalized spacial score (nSPS) is 32.0. The summed E-state index contributed by atoms with van der Waals surface area (Å²) in [6.45, 7) is 2.66. The van der Waals surface area contributed by atoms with Crippen molar-refractivity contribution in [3.05, 3.63) is 29.2 Å². The van der Waals surface area contributed by atoms with E-state index in [1.165, 1.54) is 12.8 Å². The predicted molar refractivity (Wildman–Crippen MR) is 83.6 cm³/mol. The van der Waals surface area contributed by atoms with Crippen LogP contribution in [0.15, 0.2) is 18.3 Å². The van der Waals surface area contributed by atoms with Gasteiger partial charge in [0.15, 0.2) is 5.15 Å². The molecule has 0 spiro atoms. The Bertz CT molecular complexity index is 684. The van der Waals surface area contributed by atoms with Crippen molar-refractivity contribution in [2.75, 3.05) is 0 Å². The molecule has 2 aromatic heterocycles. The van der Waals surface area contributed by atoms with Gasteiger partial charge in [-0.05, 0) is 44.7 Å². The van der Waals surface area contributed by atoms with Crippen LogP contribution < -0.4 is 5.32 Å². The summed E-state index contributed by atoms with van der Waals surface area (Å²) in [6.07, 6.45) is 5.73. The lowest BCUT2D eigenvalue weighted by atomic mass is 9.87. The first kappa shape index (κ1) is 13.6. The van der Waals surface area contributed by atoms with E-state index < -0.39 is 5.60 Å². The third-order valence-electron chi connectivity index (χ3n) is 5.01. The Hall–Kier alpha value is -1.10. The zero-order chi connectivity index (χ0) is 14.6. The molecule has 2 N–H and O–H groups in total. The molecule has 4 rings (SSSR count). The number of piperidine rings is 1. The topological polar surface area (TPSA) is 50.1 Å². The minimum Gasteiger partial charge on any atom is -0.388 e. The van der Waals surface area contributed by atoms with Crippen molar-refractivity contribution >= 4 is 22.5 Å². The molecule has 2 aliphatic heterocycles. The molecule has 2 bridgehead atoms. The number of fused-ring (bicyclic) bond motifs is 3. The summed E-state index contributed by atoms with van der Waals surface area (Å²) in [4.78, 5) is 4.19. The molecule has 0 saturated carbocycles. The van der Waals surface area contributed by atoms with Crippen LogP contribution >= 0.6 is 11.6 Å². The van der Waals surface area contributed by atoms with Gasteiger partial charge in [0.05, 0.1) is 17.7 Å². The fourth-order valence-corrected chi connectivity index (χ4v) is 4.42. The molecule has 0 aliphatic carbocycles. The zero-order valence-electron chi connectivity index (χ0n) is 12.1. The van der Waals surface area contributed by atoms with Crippen LogP contribution in [-0.4, -0.2) is 32.3 Å². The highest BCUT2D eigenvalue weighted by Crippen LogP contribution is 2.36. The molecule has 0 radical (unpaired) electrons. The minimum atomic E-state index is -0.646. The first-order valence-corrected chi connectivity index (χ1v) is 8.01. The van der Waals surface area contributed by atoms with Crippen LogP contribution in [0.2, 0.25) is 5.15 Å². The summed E-state index contributed by atoms with van der Waals surface area (Å²) in [5, 5.41) is 16.3. The Morgan fingerprint density at radius 3 is 2.86 bits per heavy atom. The van der Waals surface area contributed by atoms with E-state index >= 15 is 0 Å². The van der Waals surface area contributed by atoms with E-state index in [2.05, 4.69) is 27.9 Å². The number of nitrogens with zero attached hydrogens (tertiary/aromatic N) is 2. The van der Waals surface area contributed by atoms with Crippen molar-refractivity contribution in [2.24, 2.45) is 0 Å². The van der Waals surface area contributed by atoms with E-state index in [4.69, 9.17) is 11.6 Å². The Kier molecular flexibility index (Phi) is 3.03. The Morgan fingerprint density at radius 2 is 2.14 bits per heavy atom. The minimum absolute atomic E-state index is 0.462. The third kappa shape index (κ3) is 2.26. The highest BCUT2D eigenvalue weighted by Gasteiger charge is 2.42. The van der Waals surface area contributed by atoms with Gasteiger partial charge in [0.2, 0.25) is 0 Å². The van der Waals surface area contributed by atoms with E-state index in [9.17, 15) is 5.11 Å². The molecule has 0 unspecified atom stereocenters. The molecular formula is C16H20ClN3O. The molecule has 112 valence electrons. The van der Waals surface area contributed by atoms with Gasteiger partial charge in [-0.3, -0.25) is 0 Å². The molecule has 2 atom stereocenters. The van der Waals surface area contributed by atoms with Gasteiger partial charge in [0, 0.05) is 29.4 Å². The quantitative estimate of drug-likeness (QED) is 0.839. The van der Waals surface area contributed by atoms with Gasteiger partial charge in [-0.15, -0.1) is 0 Å². The SMILES string of the molecule is Cc1cc2ccnc(Cl)c2n1CC1(O)C[C@H]2CC[C@H](C1)N2. The van der Waals surface area contributed by atoms with Crippen LogP contribution in [0.3, 0.4) is 0 Å². The maximum Gasteiger partial charge on any atom is 0.153 e. The van der Waals surface area contributed by atoms with Gasteiger partial charge >= 0.3 is 0 Å². The van der Waals surface area contributed by atoms with Gasteiger partial charge in [-0.2, -0.15) is 0 Å². The number of aliphatic hydroxyl groups is 1. The van der Waals surface area contributed by atoms with Gasteiger partial charge < -0.3 is 15.0 Å². The van der Waals surface area contributed by atoms with Crippen LogP contribution in [0, 0.1) is 6.92 Å². The van der Waals surface area contributed by atoms with Crippen LogP contribution in [0.5, 0.6) is 0 Å². The second-order valence-corrected chi connectivity index (χ2v) is 7.04. The molecule has 2 saturated heterocycles. The van der Waals surface area contributed by atoms with Crippen molar-refractivity contribution in [3.63, 3.8) is 0 Å². The average Bonchev–Trinajstić information content (AvgIpc) is 2.91. The van der Waals surface area contributed by atoms with Crippen molar-refractivity contribution in [1.82, 2.24) is 14.9 Å². The molecule has 0 aromatic carbocycles. The first-order chi connectivity index (χ1) is 10.0. The lowest BCUT2D eigenvalue weighted by molar-refractivity contribution is -0.0206. The largest absolute Gasteiger partial charge is 0.388 e. The third-order valence-corrected chi connectivity index (χ3v) is 5.29. The van der Waals surface area contributed by atoms with E-state index in [-0.39, 0.29) is 0 Å². The highest BCUT2D eigenvalue weighted by molar-refractivity contribution is 6.33. The number of halogens is 1. The lowest BCUT2D eigenvalue weighted by Crippen LogP contribution is -2.50. The fraction of sp³-hybridized carbons (Fsp3) is 0.562. The molecule has 2 fully saturated rings. The molecule has 4 heterocycles. The van der Waals surface area contributed by atoms with Crippen LogP contribution in [0.25, 0.3) is 10.9 Å². The van der Waals surface area contributed by atoms with Gasteiger partial charge in [0.1, 0.15) is 0 Å². The predicted octanol–water partition coefficient (Wildman–Crippen LogP) is 2.64. The van der Waals surface area contributed by atoms with Crippen molar-refractivity contribution in [1.29, 1.82) is 0 Å². The van der Waals surface area contributed by atoms with Crippen molar-refractivity contribution in [2.45, 2.75) is 56.8 Å². The summed E-state index contributed by atoms with van der Waals surface area (Å²) in [7, 11) is 0. The maximum absolute atomic E-state index is 11.1. The Labute approximate surface area is 129 Å². The van der Waals surface area contributed by atoms with Crippen LogP contribution in [0.1, 0.15) is 31.4 Å². The number of aryl methyl sites for hydroxylation is 1. The van der Waals surface area contributed by atoms with Gasteiger partial charge in [0.25, 0.3) is 0 Å². The number of hydrogen-bond acceptors (Lipinski definition) is 3. The first-order valence-electron chi connectivity index (χ1n) is 7.63. The second kappa shape index (κ2) is 4.70. The molecule has 4 nitrogen and oxygen atoms in total. The molecule has 2 aromatic rings. The van der Waals surface area contributed by atoms with Crippen LogP contribution in [-0.2, 0) is 6.54 Å². The fourth-order valence-electron chi connectivity index (χ4n) is 4.16. The zero-order valence-corrected chi connectivity index (χ0v) is 12.9. The van der Waals surface area contributed by atoms with Crippen molar-refractivity contribution in [3.8, 4) is 0 Å². The molecule has 21 heavy (non-hydrogen) atoms. The van der Waals surface area contributed by atoms with Gasteiger partial charge in [-0.25, -0.2) is 4.98 Å². The summed E-state index contributed by atoms with van der Waals surface area (Å²) >= 11 is 6.28. The Balaban J connectivity index is 1.72. The van der Waals surface area contributed by atoms with E-state index in [0.717, 1.165) is 29.4 Å². The lowest BCUT2D eigenvalue weighted by Gasteiger charge is -2.37. The van der Waals surface area contributed by atoms with E-state index in [0.29, 0.717) is 23.8 Å². The summed E-state index contributed by atoms with van der Waals surface area (Å²) in [5.41, 5.74) is 1.42. The highest BCUT2D eigenvalue weighted by atomic mass is 35.5. The average molecular weight is 306 g/mol. The second-order valence-electron chi connectivity index (χ2n) is 6.68. The van der Waals surface area contributed by atoms with Gasteiger partial charge in [-0.1, -0.05) is 11.6 Å². The van der Waals surface area contributed by atoms with Crippen molar-refractivity contribution < 1.29 is 5.11 Å². The molecule has 5 heteroatoms. The standard InChI is InChI=1S/C16H20ClN3O/c1-10-6-11-4-5-18-15(17)14(11)20(10)9-16(21)7-12-2-3-13(8-16)19-12/h4-6,12-13,19,21H,2-3,7-9H2,1H3/t12-,13-/m1/s1. The summed E-state index contributed by atoms with van der Waals surface area (Å²) in [5.74, 6) is 0. The molecule has 2 aliphatic rings. The maximum atomic E-state index is 11.1. The summed E-state index contributed by atoms with van der Waals surface area (Å²) in [6, 6.07) is 5.01. The smallest absolute Gasteiger partial charge is 0.153 e. The summed E-state index contributed by atoms with van der Waals surface area (Å²) < 4.78 is 2.13. The monoisotopic (exact) mass is 305 g/mol. The van der Waals surface area contributed by atoms with E-state index in [1.54, 1.807) is 6.20 Å². The number of nitrogens with one attached hydrogen (secondary N) is 1. The van der Waals surface area contributed by atoms with Crippen LogP contribution in [0.4, 0.5) is 0 Å². The number of hydrogen-bond donors (Lipinski definition) is 2. The number of pyridine rings is 1. The number of aromatic nitrogens is 2. The number of rotatable bonds is 2. The van der Waals surface area contributed by atoms with E-state index in [1.807, 2.05) is 6.07 Å². The Morgan fingerprint density at radius 1 is 1.43 bits per heavy atom.